The second-order valence-electron chi connectivity index (χ2n) is 7.47. The van der Waals surface area contributed by atoms with Crippen LogP contribution in [0.5, 0.6) is 0 Å². The van der Waals surface area contributed by atoms with Crippen LogP contribution in [0.3, 0.4) is 0 Å². The predicted octanol–water partition coefficient (Wildman–Crippen LogP) is 2.25. The molecule has 1 aromatic carbocycles. The molecule has 28 heavy (non-hydrogen) atoms. The van der Waals surface area contributed by atoms with E-state index in [1.165, 1.54) is 0 Å². The molecule has 1 amide bonds. The zero-order valence-electron chi connectivity index (χ0n) is 15.4. The number of rotatable bonds is 3. The summed E-state index contributed by atoms with van der Waals surface area (Å²) < 4.78 is 0. The van der Waals surface area contributed by atoms with E-state index in [0.29, 0.717) is 5.56 Å². The molecule has 0 saturated carbocycles. The Morgan fingerprint density at radius 1 is 1.18 bits per heavy atom. The zero-order valence-corrected chi connectivity index (χ0v) is 15.4. The smallest absolute Gasteiger partial charge is 0.227 e. The molecular weight excluding hydrogens is 352 g/mol. The predicted molar refractivity (Wildman–Crippen MR) is 105 cm³/mol. The van der Waals surface area contributed by atoms with Crippen LogP contribution in [0.25, 0.3) is 11.0 Å². The molecule has 2 aliphatic heterocycles. The maximum absolute atomic E-state index is 13.1. The number of aromatic amines is 1. The minimum atomic E-state index is 0.115. The largest absolute Gasteiger partial charge is 0.352 e. The Balaban J connectivity index is 1.37. The first kappa shape index (κ1) is 16.8. The van der Waals surface area contributed by atoms with Crippen molar-refractivity contribution in [3.8, 4) is 6.07 Å². The van der Waals surface area contributed by atoms with Crippen molar-refractivity contribution in [1.82, 2.24) is 19.9 Å². The molecule has 4 heterocycles. The monoisotopic (exact) mass is 372 g/mol. The maximum Gasteiger partial charge on any atom is 0.227 e. The number of nitrogens with zero attached hydrogens (tertiary/aromatic N) is 5. The van der Waals surface area contributed by atoms with Gasteiger partial charge in [0, 0.05) is 31.4 Å². The molecule has 2 atom stereocenters. The van der Waals surface area contributed by atoms with Gasteiger partial charge in [-0.25, -0.2) is 9.97 Å². The lowest BCUT2D eigenvalue weighted by molar-refractivity contribution is -0.133. The highest BCUT2D eigenvalue weighted by atomic mass is 16.2. The summed E-state index contributed by atoms with van der Waals surface area (Å²) in [6.45, 7) is 1.55. The Morgan fingerprint density at radius 2 is 1.96 bits per heavy atom. The van der Waals surface area contributed by atoms with E-state index < -0.39 is 0 Å². The van der Waals surface area contributed by atoms with E-state index in [9.17, 15) is 10.1 Å². The number of fused-ring (bicyclic) bond motifs is 3. The number of benzene rings is 1. The van der Waals surface area contributed by atoms with Gasteiger partial charge in [-0.05, 0) is 30.5 Å². The van der Waals surface area contributed by atoms with Crippen LogP contribution in [-0.4, -0.2) is 50.9 Å². The van der Waals surface area contributed by atoms with Crippen molar-refractivity contribution in [2.24, 2.45) is 0 Å². The first-order valence-electron chi connectivity index (χ1n) is 9.57. The van der Waals surface area contributed by atoms with Gasteiger partial charge in [0.25, 0.3) is 0 Å². The van der Waals surface area contributed by atoms with Gasteiger partial charge in [-0.3, -0.25) is 4.79 Å². The van der Waals surface area contributed by atoms with Crippen molar-refractivity contribution >= 4 is 22.8 Å². The van der Waals surface area contributed by atoms with Crippen LogP contribution in [-0.2, 0) is 11.2 Å². The topological polar surface area (TPSA) is 88.9 Å². The minimum absolute atomic E-state index is 0.115. The number of carbonyl (C=O) groups excluding carboxylic acids is 1. The molecule has 2 bridgehead atoms. The Labute approximate surface area is 162 Å². The van der Waals surface area contributed by atoms with Crippen LogP contribution in [0.1, 0.15) is 24.0 Å². The van der Waals surface area contributed by atoms with Crippen molar-refractivity contribution in [1.29, 1.82) is 5.26 Å². The highest BCUT2D eigenvalue weighted by Gasteiger charge is 2.43. The van der Waals surface area contributed by atoms with Crippen molar-refractivity contribution in [3.05, 3.63) is 54.0 Å². The van der Waals surface area contributed by atoms with Gasteiger partial charge in [0.2, 0.25) is 5.91 Å². The number of piperazine rings is 1. The summed E-state index contributed by atoms with van der Waals surface area (Å²) >= 11 is 0. The molecule has 0 aliphatic carbocycles. The number of aromatic nitrogens is 3. The van der Waals surface area contributed by atoms with Crippen LogP contribution < -0.4 is 4.90 Å². The van der Waals surface area contributed by atoms with E-state index in [-0.39, 0.29) is 24.4 Å². The third kappa shape index (κ3) is 2.69. The van der Waals surface area contributed by atoms with E-state index in [4.69, 9.17) is 0 Å². The Kier molecular flexibility index (Phi) is 3.97. The van der Waals surface area contributed by atoms with Crippen LogP contribution in [0.4, 0.5) is 5.82 Å². The first-order chi connectivity index (χ1) is 13.7. The molecule has 2 aromatic heterocycles. The Bertz CT molecular complexity index is 1070. The third-order valence-corrected chi connectivity index (χ3v) is 5.88. The summed E-state index contributed by atoms with van der Waals surface area (Å²) in [5, 5.41) is 10.3. The quantitative estimate of drug-likeness (QED) is 0.762. The third-order valence-electron chi connectivity index (χ3n) is 5.88. The van der Waals surface area contributed by atoms with Gasteiger partial charge >= 0.3 is 0 Å². The van der Waals surface area contributed by atoms with Gasteiger partial charge in [0.15, 0.2) is 0 Å². The number of hydrogen-bond donors (Lipinski definition) is 1. The molecule has 0 spiro atoms. The Hall–Kier alpha value is -3.40. The van der Waals surface area contributed by atoms with Crippen LogP contribution in [0, 0.1) is 11.3 Å². The lowest BCUT2D eigenvalue weighted by Gasteiger charge is -2.41. The Morgan fingerprint density at radius 3 is 2.75 bits per heavy atom. The molecule has 5 rings (SSSR count). The molecule has 3 aromatic rings. The number of anilines is 1. The van der Waals surface area contributed by atoms with Gasteiger partial charge < -0.3 is 14.8 Å². The molecule has 7 nitrogen and oxygen atoms in total. The average Bonchev–Trinajstić information content (AvgIpc) is 3.30. The van der Waals surface area contributed by atoms with Crippen molar-refractivity contribution in [2.45, 2.75) is 31.3 Å². The maximum atomic E-state index is 13.1. The van der Waals surface area contributed by atoms with Gasteiger partial charge in [0.05, 0.1) is 23.4 Å². The number of hydrogen-bond acceptors (Lipinski definition) is 5. The highest BCUT2D eigenvalue weighted by molar-refractivity contribution is 5.87. The van der Waals surface area contributed by atoms with Crippen LogP contribution in [0.15, 0.2) is 42.9 Å². The van der Waals surface area contributed by atoms with Crippen molar-refractivity contribution in [2.75, 3.05) is 18.0 Å². The highest BCUT2D eigenvalue weighted by Crippen LogP contribution is 2.34. The summed E-state index contributed by atoms with van der Waals surface area (Å²) in [6.07, 6.45) is 5.77. The van der Waals surface area contributed by atoms with E-state index in [2.05, 4.69) is 30.8 Å². The second-order valence-corrected chi connectivity index (χ2v) is 7.47. The lowest BCUT2D eigenvalue weighted by Crippen LogP contribution is -2.56. The number of amides is 1. The van der Waals surface area contributed by atoms with E-state index in [1.807, 2.05) is 30.5 Å². The van der Waals surface area contributed by atoms with E-state index in [1.54, 1.807) is 12.4 Å². The number of nitrogens with one attached hydrogen (secondary N) is 1. The fraction of sp³-hybridized carbons (Fsp3) is 0.333. The lowest BCUT2D eigenvalue weighted by atomic mass is 10.0. The summed E-state index contributed by atoms with van der Waals surface area (Å²) in [5.41, 5.74) is 2.23. The van der Waals surface area contributed by atoms with E-state index >= 15 is 0 Å². The van der Waals surface area contributed by atoms with Crippen molar-refractivity contribution in [3.63, 3.8) is 0 Å². The fourth-order valence-electron chi connectivity index (χ4n) is 4.63. The molecule has 2 aliphatic rings. The number of H-pyrrole nitrogens is 1. The fourth-order valence-corrected chi connectivity index (χ4v) is 4.63. The number of nitriles is 1. The normalized spacial score (nSPS) is 21.1. The van der Waals surface area contributed by atoms with Gasteiger partial charge in [-0.1, -0.05) is 18.2 Å². The van der Waals surface area contributed by atoms with E-state index in [0.717, 1.165) is 48.3 Å². The SMILES string of the molecule is N#Cc1ccccc1CC(=O)N1[C@@H]2CC[C@@H]1CN(c1ncnc3[nH]ccc13)C2. The van der Waals surface area contributed by atoms with Crippen LogP contribution >= 0.6 is 0 Å². The molecule has 0 radical (unpaired) electrons. The summed E-state index contributed by atoms with van der Waals surface area (Å²) in [4.78, 5) is 29.3. The standard InChI is InChI=1S/C21H20N6O/c22-10-15-4-2-1-3-14(15)9-19(28)27-16-5-6-17(27)12-26(11-16)21-18-7-8-23-20(18)24-13-25-21/h1-4,7-8,13,16-17H,5-6,9,11-12H2,(H,23,24,25)/t16-,17-/m1/s1. The number of carbonyl (C=O) groups is 1. The van der Waals surface area contributed by atoms with Gasteiger partial charge in [-0.15, -0.1) is 0 Å². The first-order valence-corrected chi connectivity index (χ1v) is 9.57. The molecular formula is C21H20N6O. The molecule has 1 N–H and O–H groups in total. The van der Waals surface area contributed by atoms with Crippen molar-refractivity contribution < 1.29 is 4.79 Å². The average molecular weight is 372 g/mol. The van der Waals surface area contributed by atoms with Crippen LogP contribution in [0.2, 0.25) is 0 Å². The van der Waals surface area contributed by atoms with Gasteiger partial charge in [-0.2, -0.15) is 5.26 Å². The minimum Gasteiger partial charge on any atom is -0.352 e. The zero-order chi connectivity index (χ0) is 19.1. The molecule has 2 fully saturated rings. The molecule has 7 heteroatoms. The van der Waals surface area contributed by atoms with Gasteiger partial charge in [0.1, 0.15) is 17.8 Å². The summed E-state index contributed by atoms with van der Waals surface area (Å²) in [5.74, 6) is 1.05. The second kappa shape index (κ2) is 6.64. The summed E-state index contributed by atoms with van der Waals surface area (Å²) in [7, 11) is 0. The summed E-state index contributed by atoms with van der Waals surface area (Å²) in [6, 6.07) is 11.9. The molecule has 140 valence electrons. The molecule has 2 saturated heterocycles. The molecule has 0 unspecified atom stereocenters.